The molecule has 1 aliphatic rings. The smallest absolute Gasteiger partial charge is 0.431 e. The van der Waals surface area contributed by atoms with Crippen molar-refractivity contribution in [1.29, 1.82) is 0 Å². The van der Waals surface area contributed by atoms with E-state index < -0.39 is 84.1 Å². The maximum absolute atomic E-state index is 13.9. The van der Waals surface area contributed by atoms with Crippen molar-refractivity contribution in [3.8, 4) is 0 Å². The maximum atomic E-state index is 13.9. The zero-order chi connectivity index (χ0) is 28.6. The van der Waals surface area contributed by atoms with Gasteiger partial charge in [-0.15, -0.1) is 0 Å². The van der Waals surface area contributed by atoms with E-state index in [-0.39, 0.29) is 12.1 Å². The van der Waals surface area contributed by atoms with E-state index in [0.717, 1.165) is 0 Å². The summed E-state index contributed by atoms with van der Waals surface area (Å²) in [6.07, 6.45) is -19.1. The van der Waals surface area contributed by atoms with Crippen LogP contribution in [-0.2, 0) is 24.6 Å². The van der Waals surface area contributed by atoms with Gasteiger partial charge >= 0.3 is 30.1 Å². The second kappa shape index (κ2) is 10.1. The Kier molecular flexibility index (Phi) is 7.71. The van der Waals surface area contributed by atoms with Crippen molar-refractivity contribution in [2.75, 3.05) is 18.5 Å². The summed E-state index contributed by atoms with van der Waals surface area (Å²) in [7, 11) is 0. The molecule has 0 aliphatic carbocycles. The van der Waals surface area contributed by atoms with Gasteiger partial charge in [-0.05, 0) is 36.4 Å². The van der Waals surface area contributed by atoms with Gasteiger partial charge in [0.25, 0.3) is 5.79 Å². The molecule has 1 fully saturated rings. The van der Waals surface area contributed by atoms with Crippen LogP contribution in [-0.4, -0.2) is 49.4 Å². The molecule has 3 rings (SSSR count). The van der Waals surface area contributed by atoms with Crippen molar-refractivity contribution in [2.45, 2.75) is 36.3 Å². The van der Waals surface area contributed by atoms with E-state index in [1.165, 1.54) is 0 Å². The third kappa shape index (κ3) is 5.55. The highest BCUT2D eigenvalue weighted by atomic mass is 19.4. The molecule has 1 aliphatic heterocycles. The predicted molar refractivity (Wildman–Crippen MR) is 106 cm³/mol. The molecule has 208 valence electrons. The minimum Gasteiger partial charge on any atom is -0.431 e. The van der Waals surface area contributed by atoms with Crippen molar-refractivity contribution in [3.05, 3.63) is 65.5 Å². The van der Waals surface area contributed by atoms with E-state index in [1.807, 2.05) is 5.32 Å². The molecule has 6 nitrogen and oxygen atoms in total. The molecule has 38 heavy (non-hydrogen) atoms. The summed E-state index contributed by atoms with van der Waals surface area (Å²) in [5.74, 6) is -7.65. The Labute approximate surface area is 206 Å². The van der Waals surface area contributed by atoms with Crippen molar-refractivity contribution < 1.29 is 67.7 Å². The summed E-state index contributed by atoms with van der Waals surface area (Å²) in [5, 5.41) is 1.89. The molecule has 0 aromatic heterocycles. The molecule has 0 bridgehead atoms. The number of alkyl halides is 9. The van der Waals surface area contributed by atoms with Crippen LogP contribution < -0.4 is 5.32 Å². The number of rotatable bonds is 6. The van der Waals surface area contributed by atoms with E-state index in [1.54, 1.807) is 0 Å². The Morgan fingerprint density at radius 1 is 0.816 bits per heavy atom. The Morgan fingerprint density at radius 2 is 1.32 bits per heavy atom. The normalized spacial score (nSPS) is 16.3. The first-order valence-electron chi connectivity index (χ1n) is 10.3. The molecule has 2 aromatic rings. The van der Waals surface area contributed by atoms with Crippen molar-refractivity contribution >= 4 is 17.6 Å². The molecular weight excluding hydrogens is 548 g/mol. The van der Waals surface area contributed by atoms with E-state index >= 15 is 0 Å². The highest BCUT2D eigenvalue weighted by molar-refractivity contribution is 5.91. The Hall–Kier alpha value is -3.40. The van der Waals surface area contributed by atoms with Gasteiger partial charge in [0, 0.05) is 11.3 Å². The quantitative estimate of drug-likeness (QED) is 0.364. The van der Waals surface area contributed by atoms with Gasteiger partial charge in [-0.2, -0.15) is 39.5 Å². The highest BCUT2D eigenvalue weighted by Gasteiger charge is 2.75. The lowest BCUT2D eigenvalue weighted by Gasteiger charge is -2.37. The lowest BCUT2D eigenvalue weighted by molar-refractivity contribution is -0.373. The van der Waals surface area contributed by atoms with Crippen molar-refractivity contribution in [3.63, 3.8) is 0 Å². The number of nitrogens with one attached hydrogen (secondary N) is 1. The summed E-state index contributed by atoms with van der Waals surface area (Å²) < 4.78 is 149. The lowest BCUT2D eigenvalue weighted by atomic mass is 9.91. The Morgan fingerprint density at radius 3 is 1.76 bits per heavy atom. The van der Waals surface area contributed by atoms with E-state index in [9.17, 15) is 53.5 Å². The largest absolute Gasteiger partial charge is 0.443 e. The van der Waals surface area contributed by atoms with Gasteiger partial charge in [0.05, 0.1) is 25.2 Å². The number of benzene rings is 2. The second-order valence-electron chi connectivity index (χ2n) is 7.82. The molecule has 1 heterocycles. The first-order valence-corrected chi connectivity index (χ1v) is 10.3. The zero-order valence-corrected chi connectivity index (χ0v) is 18.6. The number of ether oxygens (including phenoxy) is 3. The summed E-state index contributed by atoms with van der Waals surface area (Å²) in [4.78, 5) is 24.3. The van der Waals surface area contributed by atoms with Gasteiger partial charge in [0.2, 0.25) is 5.91 Å². The number of hydrogen-bond donors (Lipinski definition) is 1. The van der Waals surface area contributed by atoms with Crippen LogP contribution in [0.25, 0.3) is 0 Å². The average molecular weight is 563 g/mol. The van der Waals surface area contributed by atoms with Crippen LogP contribution in [0, 0.1) is 5.82 Å². The first kappa shape index (κ1) is 29.2. The molecule has 0 radical (unpaired) electrons. The van der Waals surface area contributed by atoms with Crippen LogP contribution in [0.15, 0.2) is 48.5 Å². The zero-order valence-electron chi connectivity index (χ0n) is 18.6. The molecule has 1 saturated heterocycles. The van der Waals surface area contributed by atoms with E-state index in [4.69, 9.17) is 0 Å². The average Bonchev–Trinajstić information content (AvgIpc) is 3.26. The number of halogens is 10. The minimum absolute atomic E-state index is 0.219. The summed E-state index contributed by atoms with van der Waals surface area (Å²) in [5.41, 5.74) is -8.14. The molecule has 0 atom stereocenters. The molecule has 0 spiro atoms. The minimum atomic E-state index is -6.26. The summed E-state index contributed by atoms with van der Waals surface area (Å²) in [6, 6.07) is 3.94. The number of hydrogen-bond acceptors (Lipinski definition) is 5. The van der Waals surface area contributed by atoms with Gasteiger partial charge in [0.1, 0.15) is 5.82 Å². The first-order chi connectivity index (χ1) is 17.4. The topological polar surface area (TPSA) is 73.9 Å². The summed E-state index contributed by atoms with van der Waals surface area (Å²) in [6.45, 7) is -0.954. The van der Waals surface area contributed by atoms with Crippen LogP contribution in [0.5, 0.6) is 0 Å². The van der Waals surface area contributed by atoms with Crippen LogP contribution in [0.4, 0.5) is 49.6 Å². The lowest BCUT2D eigenvalue weighted by Crippen LogP contribution is -2.56. The van der Waals surface area contributed by atoms with Crippen LogP contribution in [0.2, 0.25) is 0 Å². The van der Waals surface area contributed by atoms with E-state index in [2.05, 4.69) is 14.2 Å². The Balaban J connectivity index is 1.91. The summed E-state index contributed by atoms with van der Waals surface area (Å²) >= 11 is 0. The number of anilines is 1. The van der Waals surface area contributed by atoms with Crippen LogP contribution >= 0.6 is 0 Å². The number of carbonyl (C=O) groups is 2. The van der Waals surface area contributed by atoms with Gasteiger partial charge in [-0.25, -0.2) is 9.18 Å². The monoisotopic (exact) mass is 563 g/mol. The number of carbonyl (C=O) groups excluding carboxylic acids is 2. The van der Waals surface area contributed by atoms with Gasteiger partial charge in [-0.3, -0.25) is 4.79 Å². The molecule has 0 saturated carbocycles. The molecule has 2 aromatic carbocycles. The van der Waals surface area contributed by atoms with Crippen molar-refractivity contribution in [1.82, 2.24) is 0 Å². The SMILES string of the molecule is O=C(CC1(C(F)(F)F)OCCO1)Nc1ccc(C(OC(=O)c2ccc(F)cc2)(C(F)(F)F)C(F)(F)F)cc1. The fourth-order valence-electron chi connectivity index (χ4n) is 3.47. The number of esters is 1. The predicted octanol–water partition coefficient (Wildman–Crippen LogP) is 5.64. The second-order valence-corrected chi connectivity index (χ2v) is 7.82. The molecule has 1 N–H and O–H groups in total. The third-order valence-electron chi connectivity index (χ3n) is 5.28. The molecule has 1 amide bonds. The fraction of sp³-hybridized carbons (Fsp3) is 0.364. The molecular formula is C22H15F10NO5. The Bertz CT molecular complexity index is 1140. The highest BCUT2D eigenvalue weighted by Crippen LogP contribution is 2.53. The van der Waals surface area contributed by atoms with Gasteiger partial charge in [-0.1, -0.05) is 12.1 Å². The van der Waals surface area contributed by atoms with Crippen LogP contribution in [0.3, 0.4) is 0 Å². The van der Waals surface area contributed by atoms with Gasteiger partial charge < -0.3 is 19.5 Å². The van der Waals surface area contributed by atoms with E-state index in [0.29, 0.717) is 36.4 Å². The molecule has 16 heteroatoms. The number of amides is 1. The standard InChI is InChI=1S/C22H15F10NO5/c23-14-5-1-12(2-6-14)17(35)38-19(21(27,28)29,22(30,31)32)13-3-7-15(8-4-13)33-16(34)11-18(20(24,25)26)36-9-10-37-18/h1-8H,9-11H2,(H,33,34). The third-order valence-corrected chi connectivity index (χ3v) is 5.28. The van der Waals surface area contributed by atoms with Crippen LogP contribution in [0.1, 0.15) is 22.3 Å². The maximum Gasteiger partial charge on any atom is 0.443 e. The fourth-order valence-corrected chi connectivity index (χ4v) is 3.47. The molecule has 0 unspecified atom stereocenters. The van der Waals surface area contributed by atoms with Crippen molar-refractivity contribution in [2.24, 2.45) is 0 Å². The van der Waals surface area contributed by atoms with Gasteiger partial charge in [0.15, 0.2) is 0 Å².